The van der Waals surface area contributed by atoms with E-state index in [1.807, 2.05) is 29.1 Å². The third kappa shape index (κ3) is 4.22. The number of amides is 1. The molecule has 0 aliphatic rings. The highest BCUT2D eigenvalue weighted by Crippen LogP contribution is 2.25. The van der Waals surface area contributed by atoms with Gasteiger partial charge >= 0.3 is 5.63 Å². The molecule has 1 amide bonds. The van der Waals surface area contributed by atoms with E-state index in [-0.39, 0.29) is 11.1 Å². The molecule has 34 heavy (non-hydrogen) atoms. The fourth-order valence-electron chi connectivity index (χ4n) is 3.35. The van der Waals surface area contributed by atoms with Crippen molar-refractivity contribution in [1.29, 1.82) is 0 Å². The SMILES string of the molecule is COc1cccc2cc(C(=O)Nc3ccc(Oc4ccc(-n5cccc5)nn4)cc3)c(=O)oc12. The first-order chi connectivity index (χ1) is 16.6. The van der Waals surface area contributed by atoms with Crippen LogP contribution in [0.3, 0.4) is 0 Å². The first-order valence-corrected chi connectivity index (χ1v) is 10.3. The summed E-state index contributed by atoms with van der Waals surface area (Å²) in [5.41, 5.74) is -0.0930. The van der Waals surface area contributed by atoms with Crippen molar-refractivity contribution < 1.29 is 18.7 Å². The van der Waals surface area contributed by atoms with Gasteiger partial charge in [0.15, 0.2) is 17.2 Å². The topological polar surface area (TPSA) is 108 Å². The Labute approximate surface area is 193 Å². The minimum Gasteiger partial charge on any atom is -0.493 e. The van der Waals surface area contributed by atoms with E-state index in [2.05, 4.69) is 15.5 Å². The van der Waals surface area contributed by atoms with E-state index >= 15 is 0 Å². The van der Waals surface area contributed by atoms with Crippen LogP contribution in [-0.4, -0.2) is 27.8 Å². The van der Waals surface area contributed by atoms with Crippen LogP contribution in [0.25, 0.3) is 16.8 Å². The Balaban J connectivity index is 1.28. The van der Waals surface area contributed by atoms with Crippen molar-refractivity contribution >= 4 is 22.6 Å². The van der Waals surface area contributed by atoms with E-state index in [0.717, 1.165) is 0 Å². The van der Waals surface area contributed by atoms with Crippen LogP contribution in [0.5, 0.6) is 17.4 Å². The molecule has 0 saturated heterocycles. The minimum atomic E-state index is -0.753. The molecule has 0 radical (unpaired) electrons. The molecule has 168 valence electrons. The molecular weight excluding hydrogens is 436 g/mol. The van der Waals surface area contributed by atoms with Gasteiger partial charge in [0.05, 0.1) is 7.11 Å². The number of nitrogens with zero attached hydrogens (tertiary/aromatic N) is 3. The zero-order chi connectivity index (χ0) is 23.5. The molecule has 1 N–H and O–H groups in total. The smallest absolute Gasteiger partial charge is 0.349 e. The molecule has 0 aliphatic heterocycles. The fourth-order valence-corrected chi connectivity index (χ4v) is 3.35. The van der Waals surface area contributed by atoms with Gasteiger partial charge in [0, 0.05) is 29.5 Å². The van der Waals surface area contributed by atoms with Gasteiger partial charge < -0.3 is 23.8 Å². The van der Waals surface area contributed by atoms with Crippen molar-refractivity contribution in [2.45, 2.75) is 0 Å². The highest BCUT2D eigenvalue weighted by atomic mass is 16.5. The second kappa shape index (κ2) is 8.91. The first-order valence-electron chi connectivity index (χ1n) is 10.3. The van der Waals surface area contributed by atoms with E-state index in [9.17, 15) is 9.59 Å². The lowest BCUT2D eigenvalue weighted by Crippen LogP contribution is -2.20. The van der Waals surface area contributed by atoms with Crippen LogP contribution < -0.4 is 20.4 Å². The largest absolute Gasteiger partial charge is 0.493 e. The van der Waals surface area contributed by atoms with Gasteiger partial charge in [0.2, 0.25) is 5.88 Å². The molecule has 0 atom stereocenters. The standard InChI is InChI=1S/C25H18N4O5/c1-32-20-6-4-5-16-15-19(25(31)34-23(16)20)24(30)26-17-7-9-18(10-8-17)33-22-12-11-21(27-28-22)29-13-2-3-14-29/h2-15H,1H3,(H,26,30). The number of benzene rings is 2. The van der Waals surface area contributed by atoms with Gasteiger partial charge in [0.1, 0.15) is 11.3 Å². The number of carbonyl (C=O) groups excluding carboxylic acids is 1. The van der Waals surface area contributed by atoms with E-state index < -0.39 is 11.5 Å². The van der Waals surface area contributed by atoms with Crippen LogP contribution in [0.4, 0.5) is 5.69 Å². The number of hydrogen-bond acceptors (Lipinski definition) is 7. The molecule has 0 saturated carbocycles. The molecule has 0 unspecified atom stereocenters. The molecule has 9 nitrogen and oxygen atoms in total. The quantitative estimate of drug-likeness (QED) is 0.378. The highest BCUT2D eigenvalue weighted by Gasteiger charge is 2.16. The number of para-hydroxylation sites is 1. The Morgan fingerprint density at radius 2 is 1.76 bits per heavy atom. The van der Waals surface area contributed by atoms with Gasteiger partial charge in [-0.2, -0.15) is 0 Å². The van der Waals surface area contributed by atoms with Gasteiger partial charge in [0.25, 0.3) is 5.91 Å². The lowest BCUT2D eigenvalue weighted by atomic mass is 10.1. The Kier molecular flexibility index (Phi) is 5.49. The lowest BCUT2D eigenvalue weighted by Gasteiger charge is -2.08. The van der Waals surface area contributed by atoms with Crippen molar-refractivity contribution in [2.24, 2.45) is 0 Å². The predicted octanol–water partition coefficient (Wildman–Crippen LogP) is 4.43. The number of anilines is 1. The average molecular weight is 454 g/mol. The number of nitrogens with one attached hydrogen (secondary N) is 1. The summed E-state index contributed by atoms with van der Waals surface area (Å²) in [6, 6.07) is 20.6. The Hall–Kier alpha value is -4.92. The van der Waals surface area contributed by atoms with Crippen molar-refractivity contribution in [3.8, 4) is 23.2 Å². The summed E-state index contributed by atoms with van der Waals surface area (Å²) in [6.07, 6.45) is 3.74. The second-order valence-electron chi connectivity index (χ2n) is 7.23. The van der Waals surface area contributed by atoms with Crippen LogP contribution >= 0.6 is 0 Å². The molecule has 5 aromatic rings. The zero-order valence-electron chi connectivity index (χ0n) is 18.0. The summed E-state index contributed by atoms with van der Waals surface area (Å²) in [5.74, 6) is 1.35. The molecular formula is C25H18N4O5. The molecule has 0 aliphatic carbocycles. The number of aromatic nitrogens is 3. The van der Waals surface area contributed by atoms with E-state index in [4.69, 9.17) is 13.9 Å². The maximum Gasteiger partial charge on any atom is 0.349 e. The van der Waals surface area contributed by atoms with Crippen LogP contribution in [0, 0.1) is 0 Å². The van der Waals surface area contributed by atoms with Crippen molar-refractivity contribution in [2.75, 3.05) is 12.4 Å². The van der Waals surface area contributed by atoms with Crippen molar-refractivity contribution in [3.63, 3.8) is 0 Å². The summed E-state index contributed by atoms with van der Waals surface area (Å²) in [7, 11) is 1.48. The molecule has 3 heterocycles. The zero-order valence-corrected chi connectivity index (χ0v) is 18.0. The molecule has 3 aromatic heterocycles. The number of fused-ring (bicyclic) bond motifs is 1. The van der Waals surface area contributed by atoms with E-state index in [0.29, 0.717) is 34.3 Å². The van der Waals surface area contributed by atoms with Crippen LogP contribution in [-0.2, 0) is 0 Å². The molecule has 5 rings (SSSR count). The van der Waals surface area contributed by atoms with Crippen molar-refractivity contribution in [3.05, 3.63) is 101 Å². The number of carbonyl (C=O) groups is 1. The summed E-state index contributed by atoms with van der Waals surface area (Å²) >= 11 is 0. The Bertz CT molecular complexity index is 1510. The Morgan fingerprint density at radius 1 is 0.971 bits per heavy atom. The third-order valence-electron chi connectivity index (χ3n) is 5.02. The minimum absolute atomic E-state index is 0.112. The van der Waals surface area contributed by atoms with Gasteiger partial charge in [-0.15, -0.1) is 10.2 Å². The number of ether oxygens (including phenoxy) is 2. The van der Waals surface area contributed by atoms with Gasteiger partial charge in [-0.1, -0.05) is 12.1 Å². The molecule has 2 aromatic carbocycles. The normalized spacial score (nSPS) is 10.7. The monoisotopic (exact) mass is 454 g/mol. The summed E-state index contributed by atoms with van der Waals surface area (Å²) in [4.78, 5) is 25.1. The van der Waals surface area contributed by atoms with E-state index in [1.54, 1.807) is 54.6 Å². The second-order valence-corrected chi connectivity index (χ2v) is 7.23. The van der Waals surface area contributed by atoms with Gasteiger partial charge in [-0.3, -0.25) is 4.79 Å². The Morgan fingerprint density at radius 3 is 2.47 bits per heavy atom. The van der Waals surface area contributed by atoms with Crippen molar-refractivity contribution in [1.82, 2.24) is 14.8 Å². The predicted molar refractivity (Wildman–Crippen MR) is 125 cm³/mol. The molecule has 0 spiro atoms. The first kappa shape index (κ1) is 21.0. The summed E-state index contributed by atoms with van der Waals surface area (Å²) < 4.78 is 18.1. The average Bonchev–Trinajstić information content (AvgIpc) is 3.40. The third-order valence-corrected chi connectivity index (χ3v) is 5.02. The lowest BCUT2D eigenvalue weighted by molar-refractivity contribution is 0.102. The number of hydrogen-bond donors (Lipinski definition) is 1. The van der Waals surface area contributed by atoms with Gasteiger partial charge in [-0.25, -0.2) is 4.79 Å². The molecule has 0 fully saturated rings. The van der Waals surface area contributed by atoms with Gasteiger partial charge in [-0.05, 0) is 54.6 Å². The maximum atomic E-state index is 12.7. The molecule has 0 bridgehead atoms. The maximum absolute atomic E-state index is 12.7. The fraction of sp³-hybridized carbons (Fsp3) is 0.0400. The van der Waals surface area contributed by atoms with E-state index in [1.165, 1.54) is 13.2 Å². The van der Waals surface area contributed by atoms with Crippen LogP contribution in [0.1, 0.15) is 10.4 Å². The number of methoxy groups -OCH3 is 1. The highest BCUT2D eigenvalue weighted by molar-refractivity contribution is 6.05. The summed E-state index contributed by atoms with van der Waals surface area (Å²) in [5, 5.41) is 11.5. The molecule has 9 heteroatoms. The number of rotatable bonds is 6. The summed E-state index contributed by atoms with van der Waals surface area (Å²) in [6.45, 7) is 0. The van der Waals surface area contributed by atoms with Crippen LogP contribution in [0.15, 0.2) is 94.4 Å². The van der Waals surface area contributed by atoms with Crippen LogP contribution in [0.2, 0.25) is 0 Å².